The molecule has 0 aliphatic rings. The second kappa shape index (κ2) is 11.7. The van der Waals surface area contributed by atoms with Gasteiger partial charge < -0.3 is 20.4 Å². The maximum absolute atomic E-state index is 13.1. The van der Waals surface area contributed by atoms with E-state index in [-0.39, 0.29) is 17.7 Å². The van der Waals surface area contributed by atoms with Crippen molar-refractivity contribution in [3.8, 4) is 0 Å². The van der Waals surface area contributed by atoms with E-state index in [0.29, 0.717) is 17.9 Å². The molecule has 1 aromatic rings. The van der Waals surface area contributed by atoms with Crippen LogP contribution in [0.25, 0.3) is 0 Å². The van der Waals surface area contributed by atoms with Gasteiger partial charge in [-0.15, -0.1) is 0 Å². The molecule has 4 atom stereocenters. The first-order chi connectivity index (χ1) is 14.0. The van der Waals surface area contributed by atoms with Gasteiger partial charge in [-0.05, 0) is 43.0 Å². The lowest BCUT2D eigenvalue weighted by Crippen LogP contribution is -2.42. The van der Waals surface area contributed by atoms with Crippen molar-refractivity contribution in [2.24, 2.45) is 11.8 Å². The van der Waals surface area contributed by atoms with Crippen LogP contribution in [0.3, 0.4) is 0 Å². The van der Waals surface area contributed by atoms with Crippen molar-refractivity contribution in [2.45, 2.75) is 59.9 Å². The summed E-state index contributed by atoms with van der Waals surface area (Å²) in [5, 5.41) is 24.7. The summed E-state index contributed by atoms with van der Waals surface area (Å²) in [7, 11) is 0. The fourth-order valence-electron chi connectivity index (χ4n) is 3.09. The van der Waals surface area contributed by atoms with Gasteiger partial charge in [0.1, 0.15) is 12.0 Å². The predicted octanol–water partition coefficient (Wildman–Crippen LogP) is 5.09. The average Bonchev–Trinajstić information content (AvgIpc) is 2.70. The number of nitrogens with zero attached hydrogens (tertiary/aromatic N) is 1. The summed E-state index contributed by atoms with van der Waals surface area (Å²) in [4.78, 5) is 1.64. The molecule has 166 valence electrons. The number of rotatable bonds is 12. The summed E-state index contributed by atoms with van der Waals surface area (Å²) >= 11 is 0. The molecule has 0 aliphatic heterocycles. The number of allylic oxidation sites excluding steroid dienone is 2. The zero-order chi connectivity index (χ0) is 23.0. The van der Waals surface area contributed by atoms with Gasteiger partial charge in [0, 0.05) is 35.6 Å². The van der Waals surface area contributed by atoms with Crippen molar-refractivity contribution in [1.29, 1.82) is 0 Å². The molecule has 0 aromatic heterocycles. The molecule has 5 heteroatoms. The first-order valence-corrected chi connectivity index (χ1v) is 10.3. The van der Waals surface area contributed by atoms with Crippen molar-refractivity contribution in [2.75, 3.05) is 0 Å². The summed E-state index contributed by atoms with van der Waals surface area (Å²) < 4.78 is 13.1. The van der Waals surface area contributed by atoms with Gasteiger partial charge in [0.05, 0.1) is 6.10 Å². The smallest absolute Gasteiger partial charge is 0.135 e. The molecule has 0 spiro atoms. The highest BCUT2D eigenvalue weighted by atomic mass is 19.1. The first kappa shape index (κ1) is 25.7. The lowest BCUT2D eigenvalue weighted by atomic mass is 9.90. The first-order valence-electron chi connectivity index (χ1n) is 10.3. The minimum atomic E-state index is -0.953. The van der Waals surface area contributed by atoms with Crippen LogP contribution in [-0.4, -0.2) is 27.4 Å². The summed E-state index contributed by atoms with van der Waals surface area (Å²) in [6.45, 7) is 22.1. The molecule has 0 radical (unpaired) electrons. The molecule has 0 aliphatic carbocycles. The highest BCUT2D eigenvalue weighted by Gasteiger charge is 2.30. The normalized spacial score (nSPS) is 15.7. The number of nitrogens with one attached hydrogen (secondary N) is 1. The zero-order valence-electron chi connectivity index (χ0n) is 19.0. The Morgan fingerprint density at radius 1 is 1.13 bits per heavy atom. The maximum atomic E-state index is 13.1. The van der Waals surface area contributed by atoms with E-state index in [1.807, 2.05) is 27.7 Å². The Kier molecular flexibility index (Phi) is 10.0. The van der Waals surface area contributed by atoms with E-state index < -0.39 is 12.3 Å². The minimum Gasteiger partial charge on any atom is -0.392 e. The van der Waals surface area contributed by atoms with Gasteiger partial charge in [-0.1, -0.05) is 59.1 Å². The molecule has 30 heavy (non-hydrogen) atoms. The SMILES string of the molecule is C=C(C)/C(=C\N(C(=C)C)C(O)C(C)C(O)C(C)CC)C(=C)NCc1ccc(F)cc1. The molecule has 4 unspecified atom stereocenters. The number of hydrogen-bond acceptors (Lipinski definition) is 4. The average molecular weight is 417 g/mol. The van der Waals surface area contributed by atoms with Crippen LogP contribution in [0.1, 0.15) is 46.6 Å². The van der Waals surface area contributed by atoms with Gasteiger partial charge >= 0.3 is 0 Å². The number of halogens is 1. The summed E-state index contributed by atoms with van der Waals surface area (Å²) in [5.41, 5.74) is 3.67. The molecule has 4 nitrogen and oxygen atoms in total. The lowest BCUT2D eigenvalue weighted by molar-refractivity contribution is -0.0575. The van der Waals surface area contributed by atoms with Gasteiger partial charge in [-0.2, -0.15) is 0 Å². The maximum Gasteiger partial charge on any atom is 0.135 e. The fourth-order valence-corrected chi connectivity index (χ4v) is 3.09. The van der Waals surface area contributed by atoms with Crippen LogP contribution in [0.4, 0.5) is 4.39 Å². The van der Waals surface area contributed by atoms with Gasteiger partial charge in [0.15, 0.2) is 0 Å². The van der Waals surface area contributed by atoms with Gasteiger partial charge in [-0.3, -0.25) is 0 Å². The van der Waals surface area contributed by atoms with Crippen molar-refractivity contribution < 1.29 is 14.6 Å². The van der Waals surface area contributed by atoms with Crippen molar-refractivity contribution in [3.63, 3.8) is 0 Å². The zero-order valence-corrected chi connectivity index (χ0v) is 19.0. The van der Waals surface area contributed by atoms with Gasteiger partial charge in [0.25, 0.3) is 0 Å². The molecule has 3 N–H and O–H groups in total. The highest BCUT2D eigenvalue weighted by Crippen LogP contribution is 2.25. The quantitative estimate of drug-likeness (QED) is 0.328. The second-order valence-corrected chi connectivity index (χ2v) is 8.07. The van der Waals surface area contributed by atoms with E-state index in [2.05, 4.69) is 25.1 Å². The summed E-state index contributed by atoms with van der Waals surface area (Å²) in [6.07, 6.45) is 0.983. The second-order valence-electron chi connectivity index (χ2n) is 8.07. The predicted molar refractivity (Wildman–Crippen MR) is 123 cm³/mol. The van der Waals surface area contributed by atoms with E-state index in [4.69, 9.17) is 0 Å². The standard InChI is InChI=1S/C25H37FN2O2/c1-9-18(6)24(29)19(7)25(30)28(17(4)5)15-23(16(2)3)20(8)27-14-21-10-12-22(26)13-11-21/h10-13,15,18-19,24-25,27,29-30H,2,4,8-9,14H2,1,3,5-7H3/b23-15+. The van der Waals surface area contributed by atoms with Crippen LogP contribution < -0.4 is 5.32 Å². The van der Waals surface area contributed by atoms with Gasteiger partial charge in [0.2, 0.25) is 0 Å². The van der Waals surface area contributed by atoms with Gasteiger partial charge in [-0.25, -0.2) is 4.39 Å². The largest absolute Gasteiger partial charge is 0.392 e. The molecule has 1 aromatic carbocycles. The number of hydrogen-bond donors (Lipinski definition) is 3. The molecule has 0 amide bonds. The molecule has 1 rings (SSSR count). The van der Waals surface area contributed by atoms with E-state index in [0.717, 1.165) is 23.1 Å². The molecule has 0 saturated carbocycles. The van der Waals surface area contributed by atoms with E-state index in [1.165, 1.54) is 12.1 Å². The van der Waals surface area contributed by atoms with Crippen LogP contribution in [0.15, 0.2) is 72.7 Å². The Morgan fingerprint density at radius 2 is 1.70 bits per heavy atom. The molecule has 0 fully saturated rings. The molecule has 0 saturated heterocycles. The third kappa shape index (κ3) is 7.15. The van der Waals surface area contributed by atoms with E-state index >= 15 is 0 Å². The number of aliphatic hydroxyl groups is 2. The molecular weight excluding hydrogens is 379 g/mol. The summed E-state index contributed by atoms with van der Waals surface area (Å²) in [5.74, 6) is -0.599. The summed E-state index contributed by atoms with van der Waals surface area (Å²) in [6, 6.07) is 6.25. The van der Waals surface area contributed by atoms with Crippen LogP contribution in [0.2, 0.25) is 0 Å². The van der Waals surface area contributed by atoms with Crippen LogP contribution in [-0.2, 0) is 6.54 Å². The topological polar surface area (TPSA) is 55.7 Å². The third-order valence-electron chi connectivity index (χ3n) is 5.43. The van der Waals surface area contributed by atoms with Crippen LogP contribution in [0, 0.1) is 17.7 Å². The molecule has 0 heterocycles. The Bertz CT molecular complexity index is 770. The van der Waals surface area contributed by atoms with Crippen LogP contribution in [0.5, 0.6) is 0 Å². The number of aliphatic hydroxyl groups excluding tert-OH is 2. The monoisotopic (exact) mass is 416 g/mol. The molecular formula is C25H37FN2O2. The molecule has 0 bridgehead atoms. The minimum absolute atomic E-state index is 0.0681. The Balaban J connectivity index is 3.05. The Labute approximate surface area is 181 Å². The van der Waals surface area contributed by atoms with E-state index in [1.54, 1.807) is 30.2 Å². The highest BCUT2D eigenvalue weighted by molar-refractivity contribution is 5.42. The Hall–Kier alpha value is -2.37. The van der Waals surface area contributed by atoms with Crippen molar-refractivity contribution >= 4 is 0 Å². The van der Waals surface area contributed by atoms with E-state index in [9.17, 15) is 14.6 Å². The van der Waals surface area contributed by atoms with Crippen molar-refractivity contribution in [1.82, 2.24) is 10.2 Å². The lowest BCUT2D eigenvalue weighted by Gasteiger charge is -2.36. The fraction of sp³-hybridized carbons (Fsp3) is 0.440. The van der Waals surface area contributed by atoms with Crippen molar-refractivity contribution in [3.05, 3.63) is 84.1 Å². The Morgan fingerprint density at radius 3 is 2.17 bits per heavy atom. The van der Waals surface area contributed by atoms with Crippen LogP contribution >= 0.6 is 0 Å². The third-order valence-corrected chi connectivity index (χ3v) is 5.43. The number of benzene rings is 1.